The minimum absolute atomic E-state index is 0.0351. The topological polar surface area (TPSA) is 73.2 Å². The Hall–Kier alpha value is -2.53. The van der Waals surface area contributed by atoms with Gasteiger partial charge in [-0.15, -0.1) is 0 Å². The van der Waals surface area contributed by atoms with E-state index >= 15 is 13.2 Å². The zero-order valence-corrected chi connectivity index (χ0v) is 31.8. The Morgan fingerprint density at radius 3 is 2.22 bits per heavy atom. The Kier molecular flexibility index (Phi) is 10.3. The highest BCUT2D eigenvalue weighted by molar-refractivity contribution is 6.76. The van der Waals surface area contributed by atoms with Crippen molar-refractivity contribution in [3.63, 3.8) is 0 Å². The molecule has 6 rings (SSSR count). The van der Waals surface area contributed by atoms with Crippen LogP contribution in [0.2, 0.25) is 43.8 Å². The SMILES string of the molecule is CC(C)(C)[Si](C)(C)OC1CO[C@H]2[C@@H]1OC[C@H]2Oc1cc2nc(-c3c(F)cc(C4=CCOCC4)cc3F)c(F)cc2n1COCC[Si](C)(C)C. The molecule has 0 spiro atoms. The molecule has 0 radical (unpaired) electrons. The first-order valence-corrected chi connectivity index (χ1v) is 23.8. The second kappa shape index (κ2) is 13.9. The largest absolute Gasteiger partial charge is 0.470 e. The smallest absolute Gasteiger partial charge is 0.198 e. The van der Waals surface area contributed by atoms with Crippen LogP contribution in [0.5, 0.6) is 5.88 Å². The van der Waals surface area contributed by atoms with Crippen LogP contribution < -0.4 is 4.74 Å². The molecule has 2 aromatic heterocycles. The van der Waals surface area contributed by atoms with E-state index in [2.05, 4.69) is 58.5 Å². The lowest BCUT2D eigenvalue weighted by atomic mass is 9.98. The van der Waals surface area contributed by atoms with Crippen molar-refractivity contribution in [2.45, 2.75) is 102 Å². The van der Waals surface area contributed by atoms with Crippen LogP contribution in [0.4, 0.5) is 13.2 Å². The maximum absolute atomic E-state index is 15.8. The molecule has 2 saturated heterocycles. The van der Waals surface area contributed by atoms with E-state index < -0.39 is 51.2 Å². The molecule has 1 aromatic carbocycles. The van der Waals surface area contributed by atoms with Crippen LogP contribution >= 0.6 is 0 Å². The van der Waals surface area contributed by atoms with Crippen LogP contribution in [0.3, 0.4) is 0 Å². The first-order valence-electron chi connectivity index (χ1n) is 17.1. The van der Waals surface area contributed by atoms with Gasteiger partial charge in [0.15, 0.2) is 26.1 Å². The lowest BCUT2D eigenvalue weighted by molar-refractivity contribution is 0.00859. The zero-order chi connectivity index (χ0) is 35.3. The Balaban J connectivity index is 1.29. The van der Waals surface area contributed by atoms with E-state index in [0.29, 0.717) is 55.3 Å². The second-order valence-corrected chi connectivity index (χ2v) is 26.4. The molecule has 13 heteroatoms. The van der Waals surface area contributed by atoms with E-state index in [0.717, 1.165) is 11.6 Å². The summed E-state index contributed by atoms with van der Waals surface area (Å²) in [6.45, 7) is 20.0. The average molecular weight is 719 g/mol. The second-order valence-electron chi connectivity index (χ2n) is 16.0. The van der Waals surface area contributed by atoms with E-state index in [9.17, 15) is 0 Å². The predicted octanol–water partition coefficient (Wildman–Crippen LogP) is 8.17. The predicted molar refractivity (Wildman–Crippen MR) is 189 cm³/mol. The van der Waals surface area contributed by atoms with Crippen LogP contribution in [0.15, 0.2) is 30.3 Å². The monoisotopic (exact) mass is 718 g/mol. The number of rotatable bonds is 11. The first-order chi connectivity index (χ1) is 23.0. The van der Waals surface area contributed by atoms with Crippen LogP contribution in [0, 0.1) is 17.5 Å². The zero-order valence-electron chi connectivity index (χ0n) is 29.8. The molecule has 0 amide bonds. The number of hydrogen-bond donors (Lipinski definition) is 0. The fraction of sp³-hybridized carbons (Fsp3) is 0.583. The fourth-order valence-corrected chi connectivity index (χ4v) is 8.25. The number of pyridine rings is 1. The van der Waals surface area contributed by atoms with Crippen molar-refractivity contribution < 1.29 is 41.3 Å². The van der Waals surface area contributed by atoms with Crippen molar-refractivity contribution in [1.29, 1.82) is 0 Å². The van der Waals surface area contributed by atoms with Crippen LogP contribution in [0.25, 0.3) is 27.9 Å². The molecule has 3 aromatic rings. The van der Waals surface area contributed by atoms with Gasteiger partial charge in [-0.1, -0.05) is 46.5 Å². The Morgan fingerprint density at radius 2 is 1.59 bits per heavy atom. The fourth-order valence-electron chi connectivity index (χ4n) is 6.19. The third-order valence-electron chi connectivity index (χ3n) is 10.1. The molecule has 8 nitrogen and oxygen atoms in total. The quantitative estimate of drug-likeness (QED) is 0.146. The summed E-state index contributed by atoms with van der Waals surface area (Å²) in [4.78, 5) is 4.46. The van der Waals surface area contributed by atoms with E-state index in [1.165, 1.54) is 18.2 Å². The molecule has 5 heterocycles. The number of benzene rings is 1. The van der Waals surface area contributed by atoms with Gasteiger partial charge in [0.1, 0.15) is 36.3 Å². The number of halogens is 3. The molecule has 49 heavy (non-hydrogen) atoms. The third-order valence-corrected chi connectivity index (χ3v) is 16.3. The van der Waals surface area contributed by atoms with Gasteiger partial charge in [-0.25, -0.2) is 18.2 Å². The van der Waals surface area contributed by atoms with Gasteiger partial charge < -0.3 is 28.1 Å². The van der Waals surface area contributed by atoms with Crippen molar-refractivity contribution in [2.75, 3.05) is 33.0 Å². The van der Waals surface area contributed by atoms with E-state index in [4.69, 9.17) is 28.1 Å². The first kappa shape index (κ1) is 36.3. The molecule has 4 atom stereocenters. The average Bonchev–Trinajstić information content (AvgIpc) is 3.69. The maximum Gasteiger partial charge on any atom is 0.198 e. The Morgan fingerprint density at radius 1 is 0.918 bits per heavy atom. The highest BCUT2D eigenvalue weighted by Crippen LogP contribution is 2.41. The molecule has 0 N–H and O–H groups in total. The standard InChI is InChI=1S/C36H49F3N2O6Si2/c1-36(2,3)49(7,8)47-30-20-45-34-29(19-44-35(30)34)46-31-18-27-28(41(31)21-43-13-14-48(4,5)6)17-26(39)33(40-27)32-24(37)15-23(16-25(32)38)22-9-11-42-12-10-22/h9,15-18,29-30,34-35H,10-14,19-21H2,1-8H3/t29-,30?,34-,35-/m1/s1. The van der Waals surface area contributed by atoms with Gasteiger partial charge in [0.25, 0.3) is 0 Å². The van der Waals surface area contributed by atoms with Gasteiger partial charge in [0, 0.05) is 26.8 Å². The van der Waals surface area contributed by atoms with E-state index in [1.807, 2.05) is 0 Å². The summed E-state index contributed by atoms with van der Waals surface area (Å²) >= 11 is 0. The van der Waals surface area contributed by atoms with Gasteiger partial charge in [0.05, 0.1) is 49.1 Å². The lowest BCUT2D eigenvalue weighted by Gasteiger charge is -2.39. The molecular formula is C36H49F3N2O6Si2. The number of fused-ring (bicyclic) bond motifs is 2. The van der Waals surface area contributed by atoms with Gasteiger partial charge in [-0.2, -0.15) is 0 Å². The summed E-state index contributed by atoms with van der Waals surface area (Å²) in [7, 11) is -3.44. The number of aromatic nitrogens is 2. The maximum atomic E-state index is 15.8. The van der Waals surface area contributed by atoms with E-state index in [1.54, 1.807) is 16.7 Å². The minimum Gasteiger partial charge on any atom is -0.470 e. The molecule has 268 valence electrons. The number of ether oxygens (including phenoxy) is 5. The minimum atomic E-state index is -2.07. The Bertz CT molecular complexity index is 1690. The highest BCUT2D eigenvalue weighted by Gasteiger charge is 2.52. The summed E-state index contributed by atoms with van der Waals surface area (Å²) in [5.74, 6) is -2.26. The molecule has 0 saturated carbocycles. The summed E-state index contributed by atoms with van der Waals surface area (Å²) in [5.41, 5.74) is 0.968. The van der Waals surface area contributed by atoms with Gasteiger partial charge >= 0.3 is 0 Å². The lowest BCUT2D eigenvalue weighted by Crippen LogP contribution is -2.47. The Labute approximate surface area is 289 Å². The molecule has 2 fully saturated rings. The van der Waals surface area contributed by atoms with Crippen molar-refractivity contribution in [3.05, 3.63) is 53.4 Å². The summed E-state index contributed by atoms with van der Waals surface area (Å²) in [6, 6.07) is 6.30. The van der Waals surface area contributed by atoms with Crippen molar-refractivity contribution in [3.8, 4) is 17.1 Å². The molecule has 0 aliphatic carbocycles. The van der Waals surface area contributed by atoms with Crippen molar-refractivity contribution in [1.82, 2.24) is 9.55 Å². The van der Waals surface area contributed by atoms with Gasteiger partial charge in [-0.05, 0) is 53.9 Å². The van der Waals surface area contributed by atoms with Gasteiger partial charge in [0.2, 0.25) is 0 Å². The molecule has 3 aliphatic heterocycles. The molecule has 1 unspecified atom stereocenters. The molecule has 3 aliphatic rings. The normalized spacial score (nSPS) is 23.3. The van der Waals surface area contributed by atoms with Gasteiger partial charge in [-0.3, -0.25) is 4.57 Å². The van der Waals surface area contributed by atoms with E-state index in [-0.39, 0.29) is 36.7 Å². The summed E-state index contributed by atoms with van der Waals surface area (Å²) in [6.07, 6.45) is 1.03. The van der Waals surface area contributed by atoms with Crippen LogP contribution in [0.1, 0.15) is 32.8 Å². The molecule has 0 bridgehead atoms. The van der Waals surface area contributed by atoms with Crippen LogP contribution in [-0.2, 0) is 30.1 Å². The van der Waals surface area contributed by atoms with Crippen molar-refractivity contribution in [2.24, 2.45) is 0 Å². The third kappa shape index (κ3) is 7.73. The van der Waals surface area contributed by atoms with Crippen LogP contribution in [-0.4, -0.2) is 83.4 Å². The number of hydrogen-bond acceptors (Lipinski definition) is 7. The highest BCUT2D eigenvalue weighted by atomic mass is 28.4. The summed E-state index contributed by atoms with van der Waals surface area (Å²) in [5, 5.41) is 0.0351. The molecular weight excluding hydrogens is 670 g/mol. The summed E-state index contributed by atoms with van der Waals surface area (Å²) < 4.78 is 85.6. The van der Waals surface area contributed by atoms with Crippen molar-refractivity contribution >= 4 is 33.0 Å². The number of nitrogens with zero attached hydrogens (tertiary/aromatic N) is 2.